The molecular formula is C17H15N5O2. The van der Waals surface area contributed by atoms with Crippen LogP contribution in [-0.2, 0) is 6.61 Å². The van der Waals surface area contributed by atoms with Crippen LogP contribution in [0.5, 0.6) is 11.5 Å². The minimum absolute atomic E-state index is 0.174. The van der Waals surface area contributed by atoms with Gasteiger partial charge in [0.2, 0.25) is 0 Å². The molecule has 0 aliphatic heterocycles. The third-order valence-corrected chi connectivity index (χ3v) is 3.26. The van der Waals surface area contributed by atoms with E-state index in [2.05, 4.69) is 21.6 Å². The Balaban J connectivity index is 1.80. The lowest BCUT2D eigenvalue weighted by Gasteiger charge is -2.12. The van der Waals surface area contributed by atoms with E-state index >= 15 is 0 Å². The summed E-state index contributed by atoms with van der Waals surface area (Å²) in [4.78, 5) is 0. The molecule has 0 N–H and O–H groups in total. The maximum absolute atomic E-state index is 8.99. The Labute approximate surface area is 139 Å². The zero-order chi connectivity index (χ0) is 16.8. The molecule has 0 unspecified atom stereocenters. The van der Waals surface area contributed by atoms with Gasteiger partial charge in [0.05, 0.1) is 23.9 Å². The lowest BCUT2D eigenvalue weighted by molar-refractivity contribution is 0.261. The number of hydrogen-bond acceptors (Lipinski definition) is 6. The topological polar surface area (TPSA) is 85.8 Å². The number of benzene rings is 2. The molecule has 0 aliphatic rings. The summed E-state index contributed by atoms with van der Waals surface area (Å²) >= 11 is 0. The number of aromatic nitrogens is 4. The molecule has 3 aromatic rings. The van der Waals surface area contributed by atoms with Crippen LogP contribution < -0.4 is 9.47 Å². The smallest absolute Gasteiger partial charge is 0.194 e. The van der Waals surface area contributed by atoms with Gasteiger partial charge in [0, 0.05) is 6.07 Å². The Morgan fingerprint density at radius 2 is 1.92 bits per heavy atom. The summed E-state index contributed by atoms with van der Waals surface area (Å²) in [5.41, 5.74) is 1.37. The molecule has 1 aromatic heterocycles. The lowest BCUT2D eigenvalue weighted by atomic mass is 10.2. The number of nitrogens with zero attached hydrogens (tertiary/aromatic N) is 5. The maximum Gasteiger partial charge on any atom is 0.194 e. The molecule has 7 nitrogen and oxygen atoms in total. The Morgan fingerprint density at radius 1 is 1.08 bits per heavy atom. The van der Waals surface area contributed by atoms with E-state index in [0.29, 0.717) is 29.5 Å². The van der Waals surface area contributed by atoms with Crippen LogP contribution in [0.25, 0.3) is 5.69 Å². The van der Waals surface area contributed by atoms with Gasteiger partial charge in [-0.3, -0.25) is 0 Å². The van der Waals surface area contributed by atoms with Crippen LogP contribution in [0.3, 0.4) is 0 Å². The first-order valence-corrected chi connectivity index (χ1v) is 7.44. The van der Waals surface area contributed by atoms with E-state index in [1.165, 1.54) is 0 Å². The molecule has 7 heteroatoms. The molecular weight excluding hydrogens is 306 g/mol. The molecule has 0 atom stereocenters. The number of rotatable bonds is 6. The molecule has 120 valence electrons. The molecule has 0 saturated heterocycles. The van der Waals surface area contributed by atoms with Crippen LogP contribution in [0.15, 0.2) is 48.5 Å². The summed E-state index contributed by atoms with van der Waals surface area (Å²) < 4.78 is 12.9. The summed E-state index contributed by atoms with van der Waals surface area (Å²) in [5.74, 6) is 1.63. The van der Waals surface area contributed by atoms with Crippen molar-refractivity contribution in [3.63, 3.8) is 0 Å². The van der Waals surface area contributed by atoms with Crippen molar-refractivity contribution in [3.8, 4) is 23.3 Å². The monoisotopic (exact) mass is 321 g/mol. The van der Waals surface area contributed by atoms with E-state index in [-0.39, 0.29) is 6.61 Å². The Hall–Kier alpha value is -3.40. The standard InChI is InChI=1S/C17H15N5O2/c1-2-23-16-10-13(11-18)8-9-15(16)24-12-17-19-20-21-22(17)14-6-4-3-5-7-14/h3-10H,2,12H2,1H3. The zero-order valence-electron chi connectivity index (χ0n) is 13.1. The third-order valence-electron chi connectivity index (χ3n) is 3.26. The largest absolute Gasteiger partial charge is 0.490 e. The molecule has 0 saturated carbocycles. The number of ether oxygens (including phenoxy) is 2. The van der Waals surface area contributed by atoms with Crippen molar-refractivity contribution in [2.24, 2.45) is 0 Å². The van der Waals surface area contributed by atoms with Crippen molar-refractivity contribution in [1.29, 1.82) is 5.26 Å². The number of nitriles is 1. The molecule has 0 fully saturated rings. The Morgan fingerprint density at radius 3 is 2.67 bits per heavy atom. The van der Waals surface area contributed by atoms with Crippen molar-refractivity contribution in [2.45, 2.75) is 13.5 Å². The fourth-order valence-corrected chi connectivity index (χ4v) is 2.17. The lowest BCUT2D eigenvalue weighted by Crippen LogP contribution is -2.07. The molecule has 0 bridgehead atoms. The maximum atomic E-state index is 8.99. The Bertz CT molecular complexity index is 855. The summed E-state index contributed by atoms with van der Waals surface area (Å²) in [7, 11) is 0. The zero-order valence-corrected chi connectivity index (χ0v) is 13.1. The highest BCUT2D eigenvalue weighted by Crippen LogP contribution is 2.29. The van der Waals surface area contributed by atoms with Gasteiger partial charge in [0.15, 0.2) is 23.9 Å². The number of para-hydroxylation sites is 1. The molecule has 0 radical (unpaired) electrons. The number of hydrogen-bond donors (Lipinski definition) is 0. The van der Waals surface area contributed by atoms with Crippen LogP contribution in [0.1, 0.15) is 18.3 Å². The SMILES string of the molecule is CCOc1cc(C#N)ccc1OCc1nnnn1-c1ccccc1. The second-order valence-corrected chi connectivity index (χ2v) is 4.84. The van der Waals surface area contributed by atoms with Crippen LogP contribution in [0, 0.1) is 11.3 Å². The predicted octanol–water partition coefficient (Wildman–Crippen LogP) is 2.51. The van der Waals surface area contributed by atoms with Gasteiger partial charge in [0.1, 0.15) is 0 Å². The average Bonchev–Trinajstić information content (AvgIpc) is 3.10. The van der Waals surface area contributed by atoms with E-state index < -0.39 is 0 Å². The molecule has 0 amide bonds. The highest BCUT2D eigenvalue weighted by atomic mass is 16.5. The van der Waals surface area contributed by atoms with Gasteiger partial charge in [-0.1, -0.05) is 18.2 Å². The highest BCUT2D eigenvalue weighted by molar-refractivity contribution is 5.46. The summed E-state index contributed by atoms with van der Waals surface area (Å²) in [6.07, 6.45) is 0. The molecule has 2 aromatic carbocycles. The Kier molecular flexibility index (Phi) is 4.68. The summed E-state index contributed by atoms with van der Waals surface area (Å²) in [6, 6.07) is 16.7. The van der Waals surface area contributed by atoms with Crippen LogP contribution in [-0.4, -0.2) is 26.8 Å². The van der Waals surface area contributed by atoms with Gasteiger partial charge in [-0.05, 0) is 41.6 Å². The van der Waals surface area contributed by atoms with Crippen molar-refractivity contribution in [1.82, 2.24) is 20.2 Å². The van der Waals surface area contributed by atoms with E-state index in [0.717, 1.165) is 5.69 Å². The minimum Gasteiger partial charge on any atom is -0.490 e. The third kappa shape index (κ3) is 3.33. The number of tetrazole rings is 1. The molecule has 0 aliphatic carbocycles. The van der Waals surface area contributed by atoms with Gasteiger partial charge in [-0.15, -0.1) is 5.10 Å². The fourth-order valence-electron chi connectivity index (χ4n) is 2.17. The highest BCUT2D eigenvalue weighted by Gasteiger charge is 2.11. The van der Waals surface area contributed by atoms with Crippen molar-refractivity contribution < 1.29 is 9.47 Å². The van der Waals surface area contributed by atoms with Gasteiger partial charge in [-0.25, -0.2) is 0 Å². The van der Waals surface area contributed by atoms with Crippen molar-refractivity contribution >= 4 is 0 Å². The van der Waals surface area contributed by atoms with E-state index in [1.54, 1.807) is 22.9 Å². The van der Waals surface area contributed by atoms with Crippen molar-refractivity contribution in [2.75, 3.05) is 6.61 Å². The van der Waals surface area contributed by atoms with Crippen LogP contribution in [0.4, 0.5) is 0 Å². The average molecular weight is 321 g/mol. The van der Waals surface area contributed by atoms with Gasteiger partial charge in [-0.2, -0.15) is 9.94 Å². The second kappa shape index (κ2) is 7.24. The fraction of sp³-hybridized carbons (Fsp3) is 0.176. The first-order chi connectivity index (χ1) is 11.8. The summed E-state index contributed by atoms with van der Waals surface area (Å²) in [6.45, 7) is 2.53. The van der Waals surface area contributed by atoms with Gasteiger partial charge in [0.25, 0.3) is 0 Å². The second-order valence-electron chi connectivity index (χ2n) is 4.84. The van der Waals surface area contributed by atoms with E-state index in [9.17, 15) is 0 Å². The molecule has 24 heavy (non-hydrogen) atoms. The predicted molar refractivity (Wildman–Crippen MR) is 85.8 cm³/mol. The van der Waals surface area contributed by atoms with Crippen molar-refractivity contribution in [3.05, 3.63) is 59.9 Å². The van der Waals surface area contributed by atoms with Crippen LogP contribution in [0.2, 0.25) is 0 Å². The van der Waals surface area contributed by atoms with E-state index in [4.69, 9.17) is 14.7 Å². The summed E-state index contributed by atoms with van der Waals surface area (Å²) in [5, 5.41) is 20.7. The molecule has 0 spiro atoms. The van der Waals surface area contributed by atoms with Crippen LogP contribution >= 0.6 is 0 Å². The first-order valence-electron chi connectivity index (χ1n) is 7.44. The van der Waals surface area contributed by atoms with E-state index in [1.807, 2.05) is 37.3 Å². The van der Waals surface area contributed by atoms with Gasteiger partial charge >= 0.3 is 0 Å². The molecule has 3 rings (SSSR count). The molecule has 1 heterocycles. The van der Waals surface area contributed by atoms with Gasteiger partial charge < -0.3 is 9.47 Å². The first kappa shape index (κ1) is 15.5. The quantitative estimate of drug-likeness (QED) is 0.693. The normalized spacial score (nSPS) is 10.2. The minimum atomic E-state index is 0.174.